The number of azide groups is 1. The molecule has 15 heavy (non-hydrogen) atoms. The Bertz CT molecular complexity index is 217. The van der Waals surface area contributed by atoms with Gasteiger partial charge in [0.05, 0.1) is 6.04 Å². The highest BCUT2D eigenvalue weighted by atomic mass is 15.2. The van der Waals surface area contributed by atoms with Crippen molar-refractivity contribution in [3.8, 4) is 0 Å². The number of nitrogens with zero attached hydrogens (tertiary/aromatic N) is 3. The van der Waals surface area contributed by atoms with Gasteiger partial charge in [-0.2, -0.15) is 0 Å². The van der Waals surface area contributed by atoms with Crippen LogP contribution in [-0.2, 0) is 0 Å². The standard InChI is InChI=1S/C11H22N4/c1-2-11(14-15-13)10(12)8-9-6-4-3-5-7-9/h9-11H,2-8,12H2,1H3. The van der Waals surface area contributed by atoms with E-state index in [1.807, 2.05) is 6.92 Å². The zero-order valence-electron chi connectivity index (χ0n) is 9.60. The minimum atomic E-state index is -0.0167. The van der Waals surface area contributed by atoms with Crippen molar-refractivity contribution in [2.75, 3.05) is 0 Å². The summed E-state index contributed by atoms with van der Waals surface area (Å²) in [5.74, 6) is 0.761. The molecule has 0 radical (unpaired) electrons. The van der Waals surface area contributed by atoms with Crippen molar-refractivity contribution in [2.45, 2.75) is 64.0 Å². The fourth-order valence-electron chi connectivity index (χ4n) is 2.50. The first-order chi connectivity index (χ1) is 7.27. The highest BCUT2D eigenvalue weighted by molar-refractivity contribution is 4.82. The monoisotopic (exact) mass is 210 g/mol. The summed E-state index contributed by atoms with van der Waals surface area (Å²) in [4.78, 5) is 2.87. The van der Waals surface area contributed by atoms with Gasteiger partial charge in [0.2, 0.25) is 0 Å². The van der Waals surface area contributed by atoms with E-state index in [9.17, 15) is 0 Å². The molecule has 0 heterocycles. The van der Waals surface area contributed by atoms with Crippen LogP contribution in [0.3, 0.4) is 0 Å². The maximum absolute atomic E-state index is 8.43. The van der Waals surface area contributed by atoms with E-state index >= 15 is 0 Å². The summed E-state index contributed by atoms with van der Waals surface area (Å²) in [7, 11) is 0. The summed E-state index contributed by atoms with van der Waals surface area (Å²) in [5.41, 5.74) is 14.5. The Hall–Kier alpha value is -0.730. The Morgan fingerprint density at radius 3 is 2.60 bits per heavy atom. The SMILES string of the molecule is CCC(N=[N+]=[N-])C(N)CC1CCCCC1. The Balaban J connectivity index is 2.37. The average Bonchev–Trinajstić information content (AvgIpc) is 2.27. The molecule has 2 atom stereocenters. The molecule has 0 saturated heterocycles. The third-order valence-electron chi connectivity index (χ3n) is 3.44. The number of hydrogen-bond donors (Lipinski definition) is 1. The molecule has 1 fully saturated rings. The van der Waals surface area contributed by atoms with Gasteiger partial charge in [-0.15, -0.1) is 0 Å². The Labute approximate surface area is 91.9 Å². The first kappa shape index (κ1) is 12.3. The predicted molar refractivity (Wildman–Crippen MR) is 62.4 cm³/mol. The molecule has 1 rings (SSSR count). The van der Waals surface area contributed by atoms with Crippen LogP contribution in [0.1, 0.15) is 51.9 Å². The number of hydrogen-bond acceptors (Lipinski definition) is 2. The van der Waals surface area contributed by atoms with Crippen molar-refractivity contribution in [3.05, 3.63) is 10.4 Å². The second-order valence-corrected chi connectivity index (χ2v) is 4.58. The van der Waals surface area contributed by atoms with E-state index in [4.69, 9.17) is 11.3 Å². The van der Waals surface area contributed by atoms with Crippen molar-refractivity contribution in [3.63, 3.8) is 0 Å². The Morgan fingerprint density at radius 1 is 1.40 bits per heavy atom. The molecular weight excluding hydrogens is 188 g/mol. The van der Waals surface area contributed by atoms with Crippen molar-refractivity contribution >= 4 is 0 Å². The molecule has 1 aliphatic rings. The molecule has 0 aromatic heterocycles. The van der Waals surface area contributed by atoms with Gasteiger partial charge in [0, 0.05) is 11.0 Å². The topological polar surface area (TPSA) is 74.8 Å². The van der Waals surface area contributed by atoms with Crippen LogP contribution in [0.5, 0.6) is 0 Å². The fraction of sp³-hybridized carbons (Fsp3) is 1.00. The summed E-state index contributed by atoms with van der Waals surface area (Å²) < 4.78 is 0. The van der Waals surface area contributed by atoms with E-state index in [-0.39, 0.29) is 12.1 Å². The van der Waals surface area contributed by atoms with Crippen LogP contribution in [0, 0.1) is 5.92 Å². The molecule has 0 aliphatic heterocycles. The number of rotatable bonds is 5. The third-order valence-corrected chi connectivity index (χ3v) is 3.44. The van der Waals surface area contributed by atoms with Crippen LogP contribution >= 0.6 is 0 Å². The van der Waals surface area contributed by atoms with E-state index in [0.717, 1.165) is 18.8 Å². The van der Waals surface area contributed by atoms with Gasteiger partial charge >= 0.3 is 0 Å². The van der Waals surface area contributed by atoms with Crippen LogP contribution in [0.15, 0.2) is 5.11 Å². The quantitative estimate of drug-likeness (QED) is 0.421. The van der Waals surface area contributed by atoms with E-state index in [0.29, 0.717) is 0 Å². The second-order valence-electron chi connectivity index (χ2n) is 4.58. The lowest BCUT2D eigenvalue weighted by Gasteiger charge is -2.26. The van der Waals surface area contributed by atoms with Gasteiger partial charge < -0.3 is 5.73 Å². The van der Waals surface area contributed by atoms with E-state index < -0.39 is 0 Å². The van der Waals surface area contributed by atoms with Gasteiger partial charge in [-0.1, -0.05) is 44.1 Å². The molecule has 4 heteroatoms. The van der Waals surface area contributed by atoms with Crippen LogP contribution in [0.4, 0.5) is 0 Å². The number of nitrogens with two attached hydrogens (primary N) is 1. The van der Waals surface area contributed by atoms with Gasteiger partial charge in [0.1, 0.15) is 0 Å². The van der Waals surface area contributed by atoms with Crippen molar-refractivity contribution in [1.29, 1.82) is 0 Å². The summed E-state index contributed by atoms with van der Waals surface area (Å²) in [6, 6.07) is 0.0333. The lowest BCUT2D eigenvalue weighted by atomic mass is 9.83. The highest BCUT2D eigenvalue weighted by Crippen LogP contribution is 2.28. The molecule has 2 N–H and O–H groups in total. The maximum Gasteiger partial charge on any atom is 0.0522 e. The summed E-state index contributed by atoms with van der Waals surface area (Å²) in [6.45, 7) is 2.03. The second kappa shape index (κ2) is 6.70. The fourth-order valence-corrected chi connectivity index (χ4v) is 2.50. The molecule has 0 aromatic carbocycles. The van der Waals surface area contributed by atoms with Crippen LogP contribution in [-0.4, -0.2) is 12.1 Å². The summed E-state index contributed by atoms with van der Waals surface area (Å²) in [5, 5.41) is 3.76. The minimum Gasteiger partial charge on any atom is -0.327 e. The van der Waals surface area contributed by atoms with Gasteiger partial charge in [-0.25, -0.2) is 0 Å². The van der Waals surface area contributed by atoms with E-state index in [1.54, 1.807) is 0 Å². The first-order valence-electron chi connectivity index (χ1n) is 6.07. The molecular formula is C11H22N4. The van der Waals surface area contributed by atoms with Gasteiger partial charge in [-0.05, 0) is 24.3 Å². The summed E-state index contributed by atoms with van der Waals surface area (Å²) in [6.07, 6.45) is 8.54. The third kappa shape index (κ3) is 4.10. The molecule has 1 saturated carbocycles. The van der Waals surface area contributed by atoms with Crippen molar-refractivity contribution in [2.24, 2.45) is 16.8 Å². The van der Waals surface area contributed by atoms with Gasteiger partial charge in [-0.3, -0.25) is 0 Å². The van der Waals surface area contributed by atoms with Crippen LogP contribution in [0.2, 0.25) is 0 Å². The Morgan fingerprint density at radius 2 is 2.07 bits per heavy atom. The molecule has 86 valence electrons. The van der Waals surface area contributed by atoms with Gasteiger partial charge in [0.25, 0.3) is 0 Å². The molecule has 4 nitrogen and oxygen atoms in total. The maximum atomic E-state index is 8.43. The molecule has 0 bridgehead atoms. The largest absolute Gasteiger partial charge is 0.327 e. The normalized spacial score (nSPS) is 21.7. The lowest BCUT2D eigenvalue weighted by molar-refractivity contribution is 0.301. The first-order valence-corrected chi connectivity index (χ1v) is 6.07. The van der Waals surface area contributed by atoms with Crippen molar-refractivity contribution in [1.82, 2.24) is 0 Å². The van der Waals surface area contributed by atoms with Gasteiger partial charge in [0.15, 0.2) is 0 Å². The predicted octanol–water partition coefficient (Wildman–Crippen LogP) is 3.37. The zero-order chi connectivity index (χ0) is 11.1. The summed E-state index contributed by atoms with van der Waals surface area (Å²) >= 11 is 0. The van der Waals surface area contributed by atoms with E-state index in [2.05, 4.69) is 10.0 Å². The lowest BCUT2D eigenvalue weighted by Crippen LogP contribution is -2.35. The minimum absolute atomic E-state index is 0.0167. The smallest absolute Gasteiger partial charge is 0.0522 e. The molecule has 0 aromatic rings. The molecule has 2 unspecified atom stereocenters. The Kier molecular flexibility index (Phi) is 5.51. The highest BCUT2D eigenvalue weighted by Gasteiger charge is 2.21. The molecule has 1 aliphatic carbocycles. The average molecular weight is 210 g/mol. The van der Waals surface area contributed by atoms with E-state index in [1.165, 1.54) is 32.1 Å². The van der Waals surface area contributed by atoms with Crippen LogP contribution in [0.25, 0.3) is 10.4 Å². The molecule has 0 amide bonds. The van der Waals surface area contributed by atoms with Crippen LogP contribution < -0.4 is 5.73 Å². The molecule has 0 spiro atoms. The van der Waals surface area contributed by atoms with Crippen molar-refractivity contribution < 1.29 is 0 Å². The zero-order valence-corrected chi connectivity index (χ0v) is 9.60.